The molecule has 0 bridgehead atoms. The van der Waals surface area contributed by atoms with Crippen molar-refractivity contribution in [2.75, 3.05) is 19.6 Å². The molecule has 2 aromatic carbocycles. The van der Waals surface area contributed by atoms with Gasteiger partial charge in [-0.05, 0) is 30.0 Å². The van der Waals surface area contributed by atoms with Crippen molar-refractivity contribution >= 4 is 16.8 Å². The lowest BCUT2D eigenvalue weighted by atomic mass is 10.0. The number of nitrogens with one attached hydrogen (secondary N) is 2. The minimum Gasteiger partial charge on any atom is -0.361 e. The summed E-state index contributed by atoms with van der Waals surface area (Å²) in [4.78, 5) is 17.7. The van der Waals surface area contributed by atoms with E-state index in [0.29, 0.717) is 6.54 Å². The predicted molar refractivity (Wildman–Crippen MR) is 101 cm³/mol. The molecule has 3 aromatic rings. The summed E-state index contributed by atoms with van der Waals surface area (Å²) in [6, 6.07) is 18.9. The van der Waals surface area contributed by atoms with Crippen LogP contribution in [0.1, 0.15) is 11.1 Å². The number of amides is 1. The van der Waals surface area contributed by atoms with Crippen LogP contribution < -0.4 is 5.32 Å². The monoisotopic (exact) mass is 333 g/mol. The van der Waals surface area contributed by atoms with Crippen LogP contribution in [0.25, 0.3) is 10.9 Å². The van der Waals surface area contributed by atoms with Gasteiger partial charge in [0.05, 0.1) is 6.54 Å². The molecule has 25 heavy (non-hydrogen) atoms. The first kappa shape index (κ1) is 15.9. The molecule has 2 heterocycles. The topological polar surface area (TPSA) is 48.1 Å². The van der Waals surface area contributed by atoms with Crippen LogP contribution in [0.15, 0.2) is 60.8 Å². The molecule has 0 radical (unpaired) electrons. The Bertz CT molecular complexity index is 856. The second-order valence-electron chi connectivity index (χ2n) is 6.80. The molecule has 1 amide bonds. The number of fused-ring (bicyclic) bond motifs is 1. The zero-order chi connectivity index (χ0) is 17.1. The number of aromatic amines is 1. The third kappa shape index (κ3) is 3.74. The molecular formula is C21H23N3O. The molecule has 1 aromatic heterocycles. The second-order valence-corrected chi connectivity index (χ2v) is 6.80. The van der Waals surface area contributed by atoms with Crippen LogP contribution in [0.4, 0.5) is 0 Å². The second kappa shape index (κ2) is 7.11. The Morgan fingerprint density at radius 2 is 1.84 bits per heavy atom. The molecule has 0 unspecified atom stereocenters. The lowest BCUT2D eigenvalue weighted by Crippen LogP contribution is -2.55. The van der Waals surface area contributed by atoms with Crippen LogP contribution in [0.5, 0.6) is 0 Å². The molecular weight excluding hydrogens is 310 g/mol. The third-order valence-corrected chi connectivity index (χ3v) is 4.91. The van der Waals surface area contributed by atoms with Gasteiger partial charge in [-0.1, -0.05) is 48.5 Å². The molecule has 0 spiro atoms. The number of aromatic nitrogens is 1. The summed E-state index contributed by atoms with van der Waals surface area (Å²) in [5.74, 6) is 0.131. The van der Waals surface area contributed by atoms with E-state index in [4.69, 9.17) is 0 Å². The lowest BCUT2D eigenvalue weighted by Gasteiger charge is -2.33. The molecule has 1 aliphatic heterocycles. The van der Waals surface area contributed by atoms with Crippen molar-refractivity contribution < 1.29 is 4.79 Å². The van der Waals surface area contributed by atoms with Crippen molar-refractivity contribution in [3.8, 4) is 0 Å². The largest absolute Gasteiger partial charge is 0.361 e. The minimum atomic E-state index is 0.131. The van der Waals surface area contributed by atoms with Crippen LogP contribution in [0, 0.1) is 0 Å². The fraction of sp³-hybridized carbons (Fsp3) is 0.286. The summed E-state index contributed by atoms with van der Waals surface area (Å²) in [6.07, 6.45) is 3.93. The van der Waals surface area contributed by atoms with Crippen molar-refractivity contribution in [3.05, 3.63) is 71.9 Å². The van der Waals surface area contributed by atoms with Gasteiger partial charge in [0.1, 0.15) is 0 Å². The maximum Gasteiger partial charge on any atom is 0.234 e. The number of hydrogen-bond acceptors (Lipinski definition) is 2. The summed E-state index contributed by atoms with van der Waals surface area (Å²) in [5, 5.41) is 4.41. The van der Waals surface area contributed by atoms with Crippen molar-refractivity contribution in [2.24, 2.45) is 0 Å². The highest BCUT2D eigenvalue weighted by molar-refractivity contribution is 5.83. The first-order valence-corrected chi connectivity index (χ1v) is 8.88. The zero-order valence-corrected chi connectivity index (χ0v) is 14.2. The highest BCUT2D eigenvalue weighted by Crippen LogP contribution is 2.18. The smallest absolute Gasteiger partial charge is 0.234 e. The van der Waals surface area contributed by atoms with Gasteiger partial charge in [-0.25, -0.2) is 0 Å². The average Bonchev–Trinajstić information content (AvgIpc) is 3.04. The van der Waals surface area contributed by atoms with Gasteiger partial charge in [0.25, 0.3) is 0 Å². The summed E-state index contributed by atoms with van der Waals surface area (Å²) in [7, 11) is 0. The molecule has 4 nitrogen and oxygen atoms in total. The van der Waals surface area contributed by atoms with E-state index in [9.17, 15) is 4.79 Å². The molecule has 1 saturated heterocycles. The highest BCUT2D eigenvalue weighted by atomic mass is 16.2. The fourth-order valence-corrected chi connectivity index (χ4v) is 3.70. The van der Waals surface area contributed by atoms with Gasteiger partial charge in [-0.2, -0.15) is 0 Å². The van der Waals surface area contributed by atoms with Gasteiger partial charge in [0, 0.05) is 36.2 Å². The molecule has 0 aliphatic carbocycles. The lowest BCUT2D eigenvalue weighted by molar-refractivity contribution is -0.125. The Hall–Kier alpha value is -2.59. The summed E-state index contributed by atoms with van der Waals surface area (Å²) >= 11 is 0. The SMILES string of the molecule is O=C1CN(CCc2c[nH]c3ccccc23)C[C@H](Cc2ccccc2)N1. The van der Waals surface area contributed by atoms with Gasteiger partial charge < -0.3 is 10.3 Å². The highest BCUT2D eigenvalue weighted by Gasteiger charge is 2.24. The molecule has 0 saturated carbocycles. The number of benzene rings is 2. The van der Waals surface area contributed by atoms with Crippen molar-refractivity contribution in [2.45, 2.75) is 18.9 Å². The number of nitrogens with zero attached hydrogens (tertiary/aromatic N) is 1. The van der Waals surface area contributed by atoms with Gasteiger partial charge in [-0.15, -0.1) is 0 Å². The Morgan fingerprint density at radius 3 is 2.72 bits per heavy atom. The van der Waals surface area contributed by atoms with Crippen LogP contribution >= 0.6 is 0 Å². The Labute approximate surface area is 147 Å². The number of carbonyl (C=O) groups excluding carboxylic acids is 1. The number of piperazine rings is 1. The van der Waals surface area contributed by atoms with E-state index in [-0.39, 0.29) is 11.9 Å². The van der Waals surface area contributed by atoms with Crippen LogP contribution in [-0.2, 0) is 17.6 Å². The van der Waals surface area contributed by atoms with Crippen molar-refractivity contribution in [1.29, 1.82) is 0 Å². The number of para-hydroxylation sites is 1. The van der Waals surface area contributed by atoms with E-state index in [2.05, 4.69) is 63.9 Å². The fourth-order valence-electron chi connectivity index (χ4n) is 3.70. The molecule has 4 rings (SSSR count). The van der Waals surface area contributed by atoms with E-state index in [1.54, 1.807) is 0 Å². The summed E-state index contributed by atoms with van der Waals surface area (Å²) in [6.45, 7) is 2.30. The number of rotatable bonds is 5. The minimum absolute atomic E-state index is 0.131. The van der Waals surface area contributed by atoms with E-state index in [1.807, 2.05) is 12.1 Å². The van der Waals surface area contributed by atoms with Gasteiger partial charge in [0.2, 0.25) is 5.91 Å². The third-order valence-electron chi connectivity index (χ3n) is 4.91. The van der Waals surface area contributed by atoms with Crippen molar-refractivity contribution in [3.63, 3.8) is 0 Å². The summed E-state index contributed by atoms with van der Waals surface area (Å²) in [5.41, 5.74) is 3.77. The standard InChI is InChI=1S/C21H23N3O/c25-21-15-24(14-18(23-21)12-16-6-2-1-3-7-16)11-10-17-13-22-20-9-5-4-8-19(17)20/h1-9,13,18,22H,10-12,14-15H2,(H,23,25)/t18-/m0/s1. The molecule has 128 valence electrons. The maximum atomic E-state index is 12.1. The van der Waals surface area contributed by atoms with E-state index in [1.165, 1.54) is 22.0 Å². The van der Waals surface area contributed by atoms with Crippen LogP contribution in [0.3, 0.4) is 0 Å². The molecule has 4 heteroatoms. The average molecular weight is 333 g/mol. The first-order valence-electron chi connectivity index (χ1n) is 8.88. The van der Waals surface area contributed by atoms with Gasteiger partial charge in [-0.3, -0.25) is 9.69 Å². The Morgan fingerprint density at radius 1 is 1.04 bits per heavy atom. The molecule has 2 N–H and O–H groups in total. The Balaban J connectivity index is 1.39. The van der Waals surface area contributed by atoms with Crippen molar-refractivity contribution in [1.82, 2.24) is 15.2 Å². The van der Waals surface area contributed by atoms with Crippen LogP contribution in [-0.4, -0.2) is 41.5 Å². The molecule has 1 aliphatic rings. The van der Waals surface area contributed by atoms with Crippen LogP contribution in [0.2, 0.25) is 0 Å². The number of H-pyrrole nitrogens is 1. The first-order chi connectivity index (χ1) is 12.3. The van der Waals surface area contributed by atoms with E-state index < -0.39 is 0 Å². The predicted octanol–water partition coefficient (Wildman–Crippen LogP) is 2.75. The molecule has 1 atom stereocenters. The van der Waals surface area contributed by atoms with Gasteiger partial charge >= 0.3 is 0 Å². The van der Waals surface area contributed by atoms with E-state index in [0.717, 1.165) is 25.9 Å². The molecule has 1 fully saturated rings. The number of carbonyl (C=O) groups is 1. The zero-order valence-electron chi connectivity index (χ0n) is 14.2. The number of hydrogen-bond donors (Lipinski definition) is 2. The summed E-state index contributed by atoms with van der Waals surface area (Å²) < 4.78 is 0. The van der Waals surface area contributed by atoms with Gasteiger partial charge in [0.15, 0.2) is 0 Å². The normalized spacial score (nSPS) is 18.4. The quantitative estimate of drug-likeness (QED) is 0.754. The Kier molecular flexibility index (Phi) is 4.53. The van der Waals surface area contributed by atoms with E-state index >= 15 is 0 Å². The maximum absolute atomic E-state index is 12.1.